The first-order chi connectivity index (χ1) is 11.3. The molecule has 1 aromatic heterocycles. The lowest BCUT2D eigenvalue weighted by Gasteiger charge is -2.32. The number of hydrogen-bond donors (Lipinski definition) is 1. The fourth-order valence-electron chi connectivity index (χ4n) is 3.23. The van der Waals surface area contributed by atoms with E-state index in [1.54, 1.807) is 0 Å². The Hall–Kier alpha value is -0.940. The summed E-state index contributed by atoms with van der Waals surface area (Å²) in [6.45, 7) is 3.75. The minimum absolute atomic E-state index is 0. The van der Waals surface area contributed by atoms with Crippen molar-refractivity contribution in [3.63, 3.8) is 0 Å². The summed E-state index contributed by atoms with van der Waals surface area (Å²) < 4.78 is 65.8. The van der Waals surface area contributed by atoms with Crippen molar-refractivity contribution in [3.8, 4) is 0 Å². The van der Waals surface area contributed by atoms with Crippen LogP contribution in [0.2, 0.25) is 0 Å². The molecule has 3 heterocycles. The van der Waals surface area contributed by atoms with E-state index in [1.807, 2.05) is 0 Å². The van der Waals surface area contributed by atoms with Crippen molar-refractivity contribution in [1.29, 1.82) is 0 Å². The van der Waals surface area contributed by atoms with E-state index in [0.29, 0.717) is 12.5 Å². The Morgan fingerprint density at radius 1 is 1.20 bits per heavy atom. The molecule has 1 atom stereocenters. The molecule has 2 aliphatic heterocycles. The topological polar surface area (TPSA) is 65.5 Å². The number of halogens is 4. The third-order valence-corrected chi connectivity index (χ3v) is 6.39. The zero-order valence-corrected chi connectivity index (χ0v) is 15.0. The van der Waals surface area contributed by atoms with Crippen molar-refractivity contribution in [1.82, 2.24) is 19.5 Å². The number of piperazine rings is 1. The Bertz CT molecular complexity index is 696. The number of rotatable bonds is 3. The number of aromatic nitrogens is 1. The Morgan fingerprint density at radius 2 is 1.88 bits per heavy atom. The molecule has 0 saturated carbocycles. The van der Waals surface area contributed by atoms with Crippen molar-refractivity contribution < 1.29 is 21.6 Å². The fourth-order valence-corrected chi connectivity index (χ4v) is 4.88. The molecule has 0 spiro atoms. The summed E-state index contributed by atoms with van der Waals surface area (Å²) in [5.74, 6) is 0. The van der Waals surface area contributed by atoms with E-state index >= 15 is 0 Å². The van der Waals surface area contributed by atoms with Gasteiger partial charge in [-0.15, -0.1) is 12.4 Å². The first kappa shape index (κ1) is 20.4. The average molecular weight is 401 g/mol. The first-order valence-corrected chi connectivity index (χ1v) is 9.20. The van der Waals surface area contributed by atoms with Crippen LogP contribution in [-0.4, -0.2) is 67.9 Å². The molecule has 1 unspecified atom stereocenters. The molecule has 0 radical (unpaired) electrons. The molecule has 11 heteroatoms. The molecule has 25 heavy (non-hydrogen) atoms. The van der Waals surface area contributed by atoms with Gasteiger partial charge in [-0.1, -0.05) is 0 Å². The van der Waals surface area contributed by atoms with Gasteiger partial charge in [-0.25, -0.2) is 8.42 Å². The van der Waals surface area contributed by atoms with Crippen LogP contribution in [0.4, 0.5) is 13.2 Å². The number of sulfonamides is 1. The van der Waals surface area contributed by atoms with E-state index in [2.05, 4.69) is 15.2 Å². The van der Waals surface area contributed by atoms with Crippen LogP contribution in [0.1, 0.15) is 12.0 Å². The van der Waals surface area contributed by atoms with Gasteiger partial charge in [-0.05, 0) is 12.5 Å². The summed E-state index contributed by atoms with van der Waals surface area (Å²) in [6.07, 6.45) is -2.37. The molecular formula is C14H20ClF3N4O2S. The van der Waals surface area contributed by atoms with Gasteiger partial charge in [-0.2, -0.15) is 17.5 Å². The number of nitrogens with zero attached hydrogens (tertiary/aromatic N) is 3. The van der Waals surface area contributed by atoms with E-state index in [-0.39, 0.29) is 31.5 Å². The van der Waals surface area contributed by atoms with Gasteiger partial charge in [0.15, 0.2) is 0 Å². The second kappa shape index (κ2) is 7.75. The highest BCUT2D eigenvalue weighted by atomic mass is 35.5. The zero-order valence-electron chi connectivity index (χ0n) is 13.4. The van der Waals surface area contributed by atoms with Crippen molar-refractivity contribution >= 4 is 22.4 Å². The van der Waals surface area contributed by atoms with Gasteiger partial charge in [0.25, 0.3) is 0 Å². The number of nitrogens with one attached hydrogen (secondary N) is 1. The quantitative estimate of drug-likeness (QED) is 0.825. The molecule has 0 aromatic carbocycles. The molecule has 0 amide bonds. The summed E-state index contributed by atoms with van der Waals surface area (Å²) in [4.78, 5) is 5.01. The largest absolute Gasteiger partial charge is 0.417 e. The lowest BCUT2D eigenvalue weighted by atomic mass is 10.2. The Balaban J connectivity index is 0.00000225. The third-order valence-electron chi connectivity index (χ3n) is 4.50. The number of alkyl halides is 3. The molecule has 1 aromatic rings. The minimum atomic E-state index is -4.73. The third kappa shape index (κ3) is 4.25. The summed E-state index contributed by atoms with van der Waals surface area (Å²) in [5.41, 5.74) is -1.16. The predicted octanol–water partition coefficient (Wildman–Crippen LogP) is 1.19. The van der Waals surface area contributed by atoms with Crippen molar-refractivity contribution in [2.24, 2.45) is 0 Å². The van der Waals surface area contributed by atoms with Crippen LogP contribution in [-0.2, 0) is 16.2 Å². The van der Waals surface area contributed by atoms with Crippen LogP contribution in [0.25, 0.3) is 0 Å². The lowest BCUT2D eigenvalue weighted by molar-refractivity contribution is -0.140. The van der Waals surface area contributed by atoms with Crippen molar-refractivity contribution in [2.45, 2.75) is 23.5 Å². The first-order valence-electron chi connectivity index (χ1n) is 7.76. The second-order valence-corrected chi connectivity index (χ2v) is 7.87. The molecule has 3 rings (SSSR count). The van der Waals surface area contributed by atoms with Crippen LogP contribution < -0.4 is 5.32 Å². The van der Waals surface area contributed by atoms with Gasteiger partial charge in [0.1, 0.15) is 4.90 Å². The van der Waals surface area contributed by atoms with Crippen LogP contribution in [0.5, 0.6) is 0 Å². The van der Waals surface area contributed by atoms with E-state index in [1.165, 1.54) is 0 Å². The standard InChI is InChI=1S/C14H19F3N4O2S.ClH/c15-14(16,17)12-1-3-19-9-13(12)24(22,23)21-6-2-11(10-21)20-7-4-18-5-8-20;/h1,3,9,11,18H,2,4-8,10H2;1H. The molecule has 2 aliphatic rings. The second-order valence-electron chi connectivity index (χ2n) is 5.96. The van der Waals surface area contributed by atoms with Gasteiger partial charge >= 0.3 is 6.18 Å². The summed E-state index contributed by atoms with van der Waals surface area (Å²) in [6, 6.07) is 0.754. The molecule has 2 saturated heterocycles. The Labute approximate surface area is 150 Å². The maximum Gasteiger partial charge on any atom is 0.417 e. The normalized spacial score (nSPS) is 23.4. The van der Waals surface area contributed by atoms with Gasteiger partial charge < -0.3 is 5.32 Å². The Kier molecular flexibility index (Phi) is 6.31. The number of hydrogen-bond acceptors (Lipinski definition) is 5. The molecule has 6 nitrogen and oxygen atoms in total. The monoisotopic (exact) mass is 400 g/mol. The average Bonchev–Trinajstić information content (AvgIpc) is 3.06. The van der Waals surface area contributed by atoms with Crippen molar-refractivity contribution in [3.05, 3.63) is 24.0 Å². The minimum Gasteiger partial charge on any atom is -0.314 e. The summed E-state index contributed by atoms with van der Waals surface area (Å²) in [7, 11) is -4.22. The molecule has 0 bridgehead atoms. The predicted molar refractivity (Wildman–Crippen MR) is 88.1 cm³/mol. The molecule has 0 aliphatic carbocycles. The van der Waals surface area contributed by atoms with Gasteiger partial charge in [0, 0.05) is 57.7 Å². The Morgan fingerprint density at radius 3 is 2.52 bits per heavy atom. The highest BCUT2D eigenvalue weighted by Gasteiger charge is 2.41. The van der Waals surface area contributed by atoms with E-state index in [0.717, 1.165) is 42.9 Å². The van der Waals surface area contributed by atoms with E-state index in [4.69, 9.17) is 0 Å². The SMILES string of the molecule is Cl.O=S(=O)(c1cnccc1C(F)(F)F)N1CCC(N2CCNCC2)C1. The van der Waals surface area contributed by atoms with E-state index < -0.39 is 26.7 Å². The maximum atomic E-state index is 13.1. The summed E-state index contributed by atoms with van der Waals surface area (Å²) in [5, 5.41) is 3.22. The highest BCUT2D eigenvalue weighted by molar-refractivity contribution is 7.89. The zero-order chi connectivity index (χ0) is 17.4. The molecule has 1 N–H and O–H groups in total. The van der Waals surface area contributed by atoms with Gasteiger partial charge in [0.2, 0.25) is 10.0 Å². The van der Waals surface area contributed by atoms with Gasteiger partial charge in [-0.3, -0.25) is 9.88 Å². The fraction of sp³-hybridized carbons (Fsp3) is 0.643. The smallest absolute Gasteiger partial charge is 0.314 e. The maximum absolute atomic E-state index is 13.1. The highest BCUT2D eigenvalue weighted by Crippen LogP contribution is 2.35. The number of pyridine rings is 1. The van der Waals surface area contributed by atoms with Crippen molar-refractivity contribution in [2.75, 3.05) is 39.3 Å². The van der Waals surface area contributed by atoms with Gasteiger partial charge in [0.05, 0.1) is 5.56 Å². The molecule has 142 valence electrons. The van der Waals surface area contributed by atoms with Crippen LogP contribution in [0.3, 0.4) is 0 Å². The van der Waals surface area contributed by atoms with E-state index in [9.17, 15) is 21.6 Å². The van der Waals surface area contributed by atoms with Crippen LogP contribution in [0, 0.1) is 0 Å². The molecule has 2 fully saturated rings. The van der Waals surface area contributed by atoms with Crippen LogP contribution in [0.15, 0.2) is 23.4 Å². The lowest BCUT2D eigenvalue weighted by Crippen LogP contribution is -2.49. The molecular weight excluding hydrogens is 381 g/mol. The summed E-state index contributed by atoms with van der Waals surface area (Å²) >= 11 is 0. The van der Waals surface area contributed by atoms with Crippen LogP contribution >= 0.6 is 12.4 Å².